The van der Waals surface area contributed by atoms with Gasteiger partial charge in [0.15, 0.2) is 0 Å². The van der Waals surface area contributed by atoms with E-state index in [1.807, 2.05) is 12.2 Å². The number of hydrogen-bond acceptors (Lipinski definition) is 1. The van der Waals surface area contributed by atoms with Crippen LogP contribution in [-0.2, 0) is 4.79 Å². The van der Waals surface area contributed by atoms with Gasteiger partial charge in [-0.05, 0) is 32.1 Å². The van der Waals surface area contributed by atoms with E-state index in [4.69, 9.17) is 0 Å². The van der Waals surface area contributed by atoms with E-state index < -0.39 is 5.97 Å². The maximum absolute atomic E-state index is 11.3. The van der Waals surface area contributed by atoms with Crippen LogP contribution >= 0.6 is 0 Å². The molecule has 0 aliphatic heterocycles. The fourth-order valence-electron chi connectivity index (χ4n) is 3.01. The summed E-state index contributed by atoms with van der Waals surface area (Å²) >= 11 is 0. The molecule has 2 heteroatoms. The van der Waals surface area contributed by atoms with E-state index in [-0.39, 0.29) is 0 Å². The van der Waals surface area contributed by atoms with Gasteiger partial charge in [-0.25, -0.2) is 4.79 Å². The Morgan fingerprint density at radius 1 is 0.680 bits per heavy atom. The fraction of sp³-hybridized carbons (Fsp3) is 0.783. The van der Waals surface area contributed by atoms with Gasteiger partial charge in [0.25, 0.3) is 0 Å². The molecule has 0 unspecified atom stereocenters. The summed E-state index contributed by atoms with van der Waals surface area (Å²) in [5.74, 6) is -0.758. The first kappa shape index (κ1) is 23.9. The molecular weight excluding hydrogens is 308 g/mol. The number of aliphatic carboxylic acids is 1. The molecule has 0 heterocycles. The Morgan fingerprint density at radius 3 is 1.68 bits per heavy atom. The summed E-state index contributed by atoms with van der Waals surface area (Å²) in [5.41, 5.74) is 0.560. The van der Waals surface area contributed by atoms with Crippen molar-refractivity contribution in [1.82, 2.24) is 0 Å². The largest absolute Gasteiger partial charge is 0.478 e. The summed E-state index contributed by atoms with van der Waals surface area (Å²) in [6.07, 6.45) is 25.5. The summed E-state index contributed by atoms with van der Waals surface area (Å²) in [7, 11) is 0. The van der Waals surface area contributed by atoms with Gasteiger partial charge in [-0.1, -0.05) is 103 Å². The number of carboxylic acids is 1. The molecule has 2 nitrogen and oxygen atoms in total. The molecule has 0 rings (SSSR count). The Labute approximate surface area is 156 Å². The highest BCUT2D eigenvalue weighted by Crippen LogP contribution is 2.12. The van der Waals surface area contributed by atoms with Crippen LogP contribution in [0.2, 0.25) is 0 Å². The van der Waals surface area contributed by atoms with E-state index in [9.17, 15) is 9.90 Å². The first-order chi connectivity index (χ1) is 12.2. The Bertz CT molecular complexity index is 355. The van der Waals surface area contributed by atoms with Gasteiger partial charge in [-0.3, -0.25) is 0 Å². The molecule has 0 atom stereocenters. The monoisotopic (exact) mass is 350 g/mol. The zero-order valence-electron chi connectivity index (χ0n) is 16.9. The molecule has 0 aliphatic rings. The maximum atomic E-state index is 11.3. The standard InChI is InChI=1S/C23H42O2/c1-3-5-7-9-11-12-13-15-17-19-21-22(23(24)25)20-18-16-14-10-8-6-4-2/h17,19-20H,3-16,18,21H2,1-2H3,(H,24,25). The minimum absolute atomic E-state index is 0.560. The average Bonchev–Trinajstić information content (AvgIpc) is 2.60. The van der Waals surface area contributed by atoms with Crippen LogP contribution in [0.15, 0.2) is 23.8 Å². The minimum atomic E-state index is -0.758. The predicted molar refractivity (Wildman–Crippen MR) is 110 cm³/mol. The highest BCUT2D eigenvalue weighted by atomic mass is 16.4. The van der Waals surface area contributed by atoms with Crippen LogP contribution < -0.4 is 0 Å². The van der Waals surface area contributed by atoms with Crippen molar-refractivity contribution in [2.45, 2.75) is 117 Å². The molecule has 0 aromatic rings. The zero-order valence-corrected chi connectivity index (χ0v) is 16.9. The number of carboxylic acid groups (broad SMARTS) is 1. The molecule has 25 heavy (non-hydrogen) atoms. The van der Waals surface area contributed by atoms with Gasteiger partial charge in [0.2, 0.25) is 0 Å². The highest BCUT2D eigenvalue weighted by molar-refractivity contribution is 5.86. The lowest BCUT2D eigenvalue weighted by atomic mass is 10.1. The van der Waals surface area contributed by atoms with Crippen LogP contribution in [0.5, 0.6) is 0 Å². The number of hydrogen-bond donors (Lipinski definition) is 1. The molecule has 0 spiro atoms. The molecule has 1 N–H and O–H groups in total. The second-order valence-electron chi connectivity index (χ2n) is 7.18. The predicted octanol–water partition coefficient (Wildman–Crippen LogP) is 7.84. The number of rotatable bonds is 18. The molecule has 0 amide bonds. The Kier molecular flexibility index (Phi) is 18.5. The van der Waals surface area contributed by atoms with Crippen LogP contribution in [0, 0.1) is 0 Å². The van der Waals surface area contributed by atoms with Crippen molar-refractivity contribution in [3.8, 4) is 0 Å². The van der Waals surface area contributed by atoms with Crippen LogP contribution in [0.1, 0.15) is 117 Å². The van der Waals surface area contributed by atoms with Crippen molar-refractivity contribution < 1.29 is 9.90 Å². The first-order valence-electron chi connectivity index (χ1n) is 10.8. The summed E-state index contributed by atoms with van der Waals surface area (Å²) in [4.78, 5) is 11.3. The topological polar surface area (TPSA) is 37.3 Å². The summed E-state index contributed by atoms with van der Waals surface area (Å²) in [6.45, 7) is 4.47. The van der Waals surface area contributed by atoms with Gasteiger partial charge in [0.1, 0.15) is 0 Å². The molecule has 0 aliphatic carbocycles. The molecule has 0 saturated heterocycles. The van der Waals surface area contributed by atoms with Crippen LogP contribution in [0.3, 0.4) is 0 Å². The lowest BCUT2D eigenvalue weighted by Crippen LogP contribution is -1.99. The molecular formula is C23H42O2. The van der Waals surface area contributed by atoms with Crippen LogP contribution in [0.25, 0.3) is 0 Å². The molecule has 0 bridgehead atoms. The third-order valence-electron chi connectivity index (χ3n) is 4.70. The number of carbonyl (C=O) groups is 1. The van der Waals surface area contributed by atoms with E-state index in [2.05, 4.69) is 19.9 Å². The third kappa shape index (κ3) is 17.6. The van der Waals surface area contributed by atoms with Crippen LogP contribution in [0.4, 0.5) is 0 Å². The van der Waals surface area contributed by atoms with Crippen molar-refractivity contribution in [3.63, 3.8) is 0 Å². The van der Waals surface area contributed by atoms with E-state index >= 15 is 0 Å². The zero-order chi connectivity index (χ0) is 18.6. The second-order valence-corrected chi connectivity index (χ2v) is 7.18. The van der Waals surface area contributed by atoms with E-state index in [0.717, 1.165) is 19.3 Å². The van der Waals surface area contributed by atoms with Crippen molar-refractivity contribution in [3.05, 3.63) is 23.8 Å². The van der Waals surface area contributed by atoms with Crippen molar-refractivity contribution in [1.29, 1.82) is 0 Å². The van der Waals surface area contributed by atoms with E-state index in [1.165, 1.54) is 77.0 Å². The lowest BCUT2D eigenvalue weighted by Gasteiger charge is -2.01. The maximum Gasteiger partial charge on any atom is 0.331 e. The van der Waals surface area contributed by atoms with Gasteiger partial charge in [-0.2, -0.15) is 0 Å². The van der Waals surface area contributed by atoms with Gasteiger partial charge in [0.05, 0.1) is 0 Å². The summed E-state index contributed by atoms with van der Waals surface area (Å²) in [6, 6.07) is 0. The number of unbranched alkanes of at least 4 members (excludes halogenated alkanes) is 13. The summed E-state index contributed by atoms with van der Waals surface area (Å²) < 4.78 is 0. The quantitative estimate of drug-likeness (QED) is 0.155. The van der Waals surface area contributed by atoms with Gasteiger partial charge >= 0.3 is 5.97 Å². The van der Waals surface area contributed by atoms with Crippen molar-refractivity contribution in [2.24, 2.45) is 0 Å². The molecule has 0 aromatic carbocycles. The Hall–Kier alpha value is -1.05. The van der Waals surface area contributed by atoms with Crippen molar-refractivity contribution >= 4 is 5.97 Å². The molecule has 0 radical (unpaired) electrons. The van der Waals surface area contributed by atoms with Gasteiger partial charge in [-0.15, -0.1) is 0 Å². The average molecular weight is 351 g/mol. The molecule has 146 valence electrons. The molecule has 0 aromatic heterocycles. The third-order valence-corrected chi connectivity index (χ3v) is 4.70. The normalized spacial score (nSPS) is 12.2. The Balaban J connectivity index is 3.73. The van der Waals surface area contributed by atoms with E-state index in [1.54, 1.807) is 0 Å². The second kappa shape index (κ2) is 19.3. The highest BCUT2D eigenvalue weighted by Gasteiger charge is 2.04. The minimum Gasteiger partial charge on any atom is -0.478 e. The smallest absolute Gasteiger partial charge is 0.331 e. The Morgan fingerprint density at radius 2 is 1.16 bits per heavy atom. The van der Waals surface area contributed by atoms with Crippen LogP contribution in [-0.4, -0.2) is 11.1 Å². The number of allylic oxidation sites excluding steroid dienone is 3. The van der Waals surface area contributed by atoms with Gasteiger partial charge in [0, 0.05) is 5.57 Å². The molecule has 0 fully saturated rings. The van der Waals surface area contributed by atoms with Crippen molar-refractivity contribution in [2.75, 3.05) is 0 Å². The molecule has 0 saturated carbocycles. The SMILES string of the molecule is CCCCCCCCC=C(CC=CCCCCCCCCC)C(=O)O. The first-order valence-corrected chi connectivity index (χ1v) is 10.8. The fourth-order valence-corrected chi connectivity index (χ4v) is 3.01. The summed E-state index contributed by atoms with van der Waals surface area (Å²) in [5, 5.41) is 9.29. The van der Waals surface area contributed by atoms with Gasteiger partial charge < -0.3 is 5.11 Å². The van der Waals surface area contributed by atoms with E-state index in [0.29, 0.717) is 12.0 Å². The lowest BCUT2D eigenvalue weighted by molar-refractivity contribution is -0.132.